The van der Waals surface area contributed by atoms with Gasteiger partial charge < -0.3 is 15.1 Å². The average Bonchev–Trinajstić information content (AvgIpc) is 2.42. The Kier molecular flexibility index (Phi) is 4.59. The van der Waals surface area contributed by atoms with Gasteiger partial charge in [0.1, 0.15) is 0 Å². The summed E-state index contributed by atoms with van der Waals surface area (Å²) in [5, 5.41) is 3.57. The first-order valence-corrected chi connectivity index (χ1v) is 7.74. The zero-order valence-corrected chi connectivity index (χ0v) is 13.6. The fourth-order valence-electron chi connectivity index (χ4n) is 2.94. The Morgan fingerprint density at radius 1 is 1.20 bits per heavy atom. The van der Waals surface area contributed by atoms with Crippen molar-refractivity contribution < 1.29 is 0 Å². The topological polar surface area (TPSA) is 18.5 Å². The van der Waals surface area contributed by atoms with E-state index >= 15 is 0 Å². The van der Waals surface area contributed by atoms with Crippen LogP contribution in [0.1, 0.15) is 27.7 Å². The Labute approximate surface area is 124 Å². The minimum Gasteiger partial charge on any atom is -0.371 e. The van der Waals surface area contributed by atoms with Crippen molar-refractivity contribution in [1.82, 2.24) is 5.32 Å². The maximum absolute atomic E-state index is 3.57. The van der Waals surface area contributed by atoms with Gasteiger partial charge in [-0.15, -0.1) is 0 Å². The normalized spacial score (nSPS) is 17.1. The van der Waals surface area contributed by atoms with Crippen LogP contribution in [-0.4, -0.2) is 39.3 Å². The van der Waals surface area contributed by atoms with Crippen LogP contribution in [0.5, 0.6) is 0 Å². The molecule has 0 spiro atoms. The Balaban J connectivity index is 2.17. The van der Waals surface area contributed by atoms with Crippen LogP contribution in [0.3, 0.4) is 0 Å². The van der Waals surface area contributed by atoms with Gasteiger partial charge in [0.2, 0.25) is 0 Å². The van der Waals surface area contributed by atoms with E-state index in [1.54, 1.807) is 0 Å². The van der Waals surface area contributed by atoms with Crippen LogP contribution >= 0.6 is 0 Å². The standard InChI is InChI=1S/C17H29N3/c1-6-18-14(2)17(3,4)13-20-12-11-19(5)15-9-7-8-10-16(15)20/h7-10,14,18H,6,11-13H2,1-5H3. The van der Waals surface area contributed by atoms with Gasteiger partial charge in [0.15, 0.2) is 0 Å². The van der Waals surface area contributed by atoms with Crippen LogP contribution in [0.25, 0.3) is 0 Å². The lowest BCUT2D eigenvalue weighted by Gasteiger charge is -2.43. The van der Waals surface area contributed by atoms with E-state index in [1.807, 2.05) is 0 Å². The highest BCUT2D eigenvalue weighted by Crippen LogP contribution is 2.34. The molecule has 0 saturated heterocycles. The fraction of sp³-hybridized carbons (Fsp3) is 0.647. The van der Waals surface area contributed by atoms with Gasteiger partial charge >= 0.3 is 0 Å². The van der Waals surface area contributed by atoms with Crippen molar-refractivity contribution in [3.8, 4) is 0 Å². The zero-order chi connectivity index (χ0) is 14.8. The number of nitrogens with zero attached hydrogens (tertiary/aromatic N) is 2. The Morgan fingerprint density at radius 3 is 2.50 bits per heavy atom. The quantitative estimate of drug-likeness (QED) is 0.891. The first-order chi connectivity index (χ1) is 9.45. The molecule has 0 aliphatic carbocycles. The molecule has 3 nitrogen and oxygen atoms in total. The molecular weight excluding hydrogens is 246 g/mol. The van der Waals surface area contributed by atoms with Crippen molar-refractivity contribution in [2.24, 2.45) is 5.41 Å². The molecule has 0 bridgehead atoms. The molecule has 1 heterocycles. The highest BCUT2D eigenvalue weighted by molar-refractivity contribution is 5.73. The molecule has 1 aromatic rings. The number of likely N-dealkylation sites (N-methyl/N-ethyl adjacent to an activating group) is 1. The molecule has 0 amide bonds. The molecule has 0 saturated carbocycles. The number of anilines is 2. The number of hydrogen-bond acceptors (Lipinski definition) is 3. The molecule has 2 rings (SSSR count). The minimum atomic E-state index is 0.249. The molecular formula is C17H29N3. The van der Waals surface area contributed by atoms with Gasteiger partial charge in [0.05, 0.1) is 11.4 Å². The van der Waals surface area contributed by atoms with Crippen LogP contribution in [-0.2, 0) is 0 Å². The summed E-state index contributed by atoms with van der Waals surface area (Å²) < 4.78 is 0. The molecule has 1 unspecified atom stereocenters. The van der Waals surface area contributed by atoms with Crippen molar-refractivity contribution in [3.63, 3.8) is 0 Å². The van der Waals surface area contributed by atoms with E-state index in [0.717, 1.165) is 26.2 Å². The third-order valence-corrected chi connectivity index (χ3v) is 4.62. The van der Waals surface area contributed by atoms with E-state index in [0.29, 0.717) is 6.04 Å². The van der Waals surface area contributed by atoms with Crippen LogP contribution < -0.4 is 15.1 Å². The lowest BCUT2D eigenvalue weighted by molar-refractivity contribution is 0.263. The van der Waals surface area contributed by atoms with E-state index in [4.69, 9.17) is 0 Å². The minimum absolute atomic E-state index is 0.249. The number of rotatable bonds is 5. The summed E-state index contributed by atoms with van der Waals surface area (Å²) in [6.45, 7) is 13.5. The predicted molar refractivity (Wildman–Crippen MR) is 88.8 cm³/mol. The van der Waals surface area contributed by atoms with E-state index in [2.05, 4.69) is 74.1 Å². The molecule has 1 N–H and O–H groups in total. The first-order valence-electron chi connectivity index (χ1n) is 7.74. The van der Waals surface area contributed by atoms with E-state index in [-0.39, 0.29) is 5.41 Å². The van der Waals surface area contributed by atoms with Crippen molar-refractivity contribution in [2.75, 3.05) is 43.0 Å². The van der Waals surface area contributed by atoms with Gasteiger partial charge in [0, 0.05) is 32.7 Å². The molecule has 1 aliphatic heterocycles. The number of nitrogens with one attached hydrogen (secondary N) is 1. The van der Waals surface area contributed by atoms with Crippen molar-refractivity contribution in [3.05, 3.63) is 24.3 Å². The third-order valence-electron chi connectivity index (χ3n) is 4.62. The first kappa shape index (κ1) is 15.2. The Bertz CT molecular complexity index is 442. The van der Waals surface area contributed by atoms with Gasteiger partial charge in [-0.2, -0.15) is 0 Å². The monoisotopic (exact) mass is 275 g/mol. The smallest absolute Gasteiger partial charge is 0.0604 e. The zero-order valence-electron chi connectivity index (χ0n) is 13.6. The largest absolute Gasteiger partial charge is 0.371 e. The van der Waals surface area contributed by atoms with Crippen LogP contribution in [0.4, 0.5) is 11.4 Å². The molecule has 3 heteroatoms. The summed E-state index contributed by atoms with van der Waals surface area (Å²) >= 11 is 0. The van der Waals surface area contributed by atoms with Crippen LogP contribution in [0.2, 0.25) is 0 Å². The van der Waals surface area contributed by atoms with Gasteiger partial charge in [-0.05, 0) is 31.0 Å². The van der Waals surface area contributed by atoms with Gasteiger partial charge in [-0.3, -0.25) is 0 Å². The number of benzene rings is 1. The Morgan fingerprint density at radius 2 is 1.85 bits per heavy atom. The van der Waals surface area contributed by atoms with E-state index < -0.39 is 0 Å². The van der Waals surface area contributed by atoms with Crippen LogP contribution in [0.15, 0.2) is 24.3 Å². The van der Waals surface area contributed by atoms with Gasteiger partial charge in [0.25, 0.3) is 0 Å². The number of hydrogen-bond donors (Lipinski definition) is 1. The summed E-state index contributed by atoms with van der Waals surface area (Å²) in [6, 6.07) is 9.26. The molecule has 0 radical (unpaired) electrons. The molecule has 1 atom stereocenters. The molecule has 0 fully saturated rings. The highest BCUT2D eigenvalue weighted by Gasteiger charge is 2.30. The summed E-state index contributed by atoms with van der Waals surface area (Å²) in [6.07, 6.45) is 0. The van der Waals surface area contributed by atoms with Crippen molar-refractivity contribution in [1.29, 1.82) is 0 Å². The molecule has 1 aromatic carbocycles. The SMILES string of the molecule is CCNC(C)C(C)(C)CN1CCN(C)c2ccccc21. The lowest BCUT2D eigenvalue weighted by atomic mass is 9.84. The molecule has 20 heavy (non-hydrogen) atoms. The second-order valence-corrected chi connectivity index (χ2v) is 6.60. The van der Waals surface area contributed by atoms with Gasteiger partial charge in [-0.25, -0.2) is 0 Å². The van der Waals surface area contributed by atoms with Crippen molar-refractivity contribution in [2.45, 2.75) is 33.7 Å². The van der Waals surface area contributed by atoms with Crippen molar-refractivity contribution >= 4 is 11.4 Å². The molecule has 0 aromatic heterocycles. The summed E-state index contributed by atoms with van der Waals surface area (Å²) in [7, 11) is 2.18. The molecule has 1 aliphatic rings. The molecule has 112 valence electrons. The predicted octanol–water partition coefficient (Wildman–Crippen LogP) is 2.97. The van der Waals surface area contributed by atoms with E-state index in [9.17, 15) is 0 Å². The highest BCUT2D eigenvalue weighted by atomic mass is 15.3. The second kappa shape index (κ2) is 6.04. The summed E-state index contributed by atoms with van der Waals surface area (Å²) in [5.74, 6) is 0. The second-order valence-electron chi connectivity index (χ2n) is 6.60. The lowest BCUT2D eigenvalue weighted by Crippen LogP contribution is -2.49. The summed E-state index contributed by atoms with van der Waals surface area (Å²) in [4.78, 5) is 4.90. The third kappa shape index (κ3) is 3.09. The maximum Gasteiger partial charge on any atom is 0.0604 e. The Hall–Kier alpha value is -1.22. The van der Waals surface area contributed by atoms with E-state index in [1.165, 1.54) is 11.4 Å². The van der Waals surface area contributed by atoms with Crippen LogP contribution in [0, 0.1) is 5.41 Å². The fourth-order valence-corrected chi connectivity index (χ4v) is 2.94. The number of para-hydroxylation sites is 2. The number of fused-ring (bicyclic) bond motifs is 1. The summed E-state index contributed by atoms with van der Waals surface area (Å²) in [5.41, 5.74) is 2.97. The van der Waals surface area contributed by atoms with Gasteiger partial charge in [-0.1, -0.05) is 32.9 Å². The average molecular weight is 275 g/mol. The maximum atomic E-state index is 3.57.